The van der Waals surface area contributed by atoms with E-state index in [0.29, 0.717) is 6.42 Å². The molecule has 1 aromatic carbocycles. The SMILES string of the molecule is CCC(CC#N)Nc1ccc(Cl)cc1. The van der Waals surface area contributed by atoms with Crippen LogP contribution in [0, 0.1) is 11.3 Å². The van der Waals surface area contributed by atoms with Crippen molar-refractivity contribution in [2.45, 2.75) is 25.8 Å². The van der Waals surface area contributed by atoms with Crippen molar-refractivity contribution >= 4 is 17.3 Å². The van der Waals surface area contributed by atoms with Gasteiger partial charge in [-0.3, -0.25) is 0 Å². The maximum atomic E-state index is 8.58. The molecule has 1 atom stereocenters. The number of benzene rings is 1. The molecule has 0 aliphatic carbocycles. The monoisotopic (exact) mass is 208 g/mol. The van der Waals surface area contributed by atoms with Gasteiger partial charge in [-0.25, -0.2) is 0 Å². The molecule has 3 heteroatoms. The molecule has 1 rings (SSSR count). The van der Waals surface area contributed by atoms with E-state index in [-0.39, 0.29) is 6.04 Å². The Morgan fingerprint density at radius 3 is 2.57 bits per heavy atom. The average molecular weight is 209 g/mol. The minimum atomic E-state index is 0.223. The predicted molar refractivity (Wildman–Crippen MR) is 59.4 cm³/mol. The largest absolute Gasteiger partial charge is 0.381 e. The molecule has 14 heavy (non-hydrogen) atoms. The van der Waals surface area contributed by atoms with Gasteiger partial charge in [-0.05, 0) is 30.7 Å². The second-order valence-corrected chi connectivity index (χ2v) is 3.56. The Morgan fingerprint density at radius 2 is 2.07 bits per heavy atom. The highest BCUT2D eigenvalue weighted by molar-refractivity contribution is 6.30. The Bertz CT molecular complexity index is 313. The fraction of sp³-hybridized carbons (Fsp3) is 0.364. The molecule has 0 spiro atoms. The summed E-state index contributed by atoms with van der Waals surface area (Å²) in [5.74, 6) is 0. The summed E-state index contributed by atoms with van der Waals surface area (Å²) in [6, 6.07) is 9.90. The average Bonchev–Trinajstić information content (AvgIpc) is 2.20. The van der Waals surface area contributed by atoms with Crippen LogP contribution in [0.5, 0.6) is 0 Å². The Hall–Kier alpha value is -1.20. The van der Waals surface area contributed by atoms with E-state index in [0.717, 1.165) is 17.1 Å². The van der Waals surface area contributed by atoms with Gasteiger partial charge in [0.15, 0.2) is 0 Å². The van der Waals surface area contributed by atoms with E-state index in [1.165, 1.54) is 0 Å². The molecule has 0 amide bonds. The van der Waals surface area contributed by atoms with E-state index in [1.807, 2.05) is 24.3 Å². The highest BCUT2D eigenvalue weighted by Gasteiger charge is 2.04. The van der Waals surface area contributed by atoms with E-state index in [4.69, 9.17) is 16.9 Å². The fourth-order valence-electron chi connectivity index (χ4n) is 1.19. The normalized spacial score (nSPS) is 11.8. The first-order chi connectivity index (χ1) is 6.76. The van der Waals surface area contributed by atoms with Gasteiger partial charge in [-0.2, -0.15) is 5.26 Å². The summed E-state index contributed by atoms with van der Waals surface area (Å²) < 4.78 is 0. The van der Waals surface area contributed by atoms with Gasteiger partial charge in [0.05, 0.1) is 12.5 Å². The summed E-state index contributed by atoms with van der Waals surface area (Å²) in [5.41, 5.74) is 1.01. The molecule has 0 aliphatic rings. The van der Waals surface area contributed by atoms with Crippen molar-refractivity contribution in [2.75, 3.05) is 5.32 Å². The molecule has 0 aliphatic heterocycles. The van der Waals surface area contributed by atoms with Gasteiger partial charge in [-0.1, -0.05) is 18.5 Å². The van der Waals surface area contributed by atoms with Crippen molar-refractivity contribution in [2.24, 2.45) is 0 Å². The molecule has 0 bridgehead atoms. The zero-order valence-corrected chi connectivity index (χ0v) is 8.88. The van der Waals surface area contributed by atoms with Gasteiger partial charge >= 0.3 is 0 Å². The van der Waals surface area contributed by atoms with Crippen LogP contribution in [-0.4, -0.2) is 6.04 Å². The number of nitrogens with zero attached hydrogens (tertiary/aromatic N) is 1. The summed E-state index contributed by atoms with van der Waals surface area (Å²) in [7, 11) is 0. The van der Waals surface area contributed by atoms with E-state index in [1.54, 1.807) is 0 Å². The molecule has 1 N–H and O–H groups in total. The van der Waals surface area contributed by atoms with Gasteiger partial charge < -0.3 is 5.32 Å². The number of nitriles is 1. The number of nitrogens with one attached hydrogen (secondary N) is 1. The van der Waals surface area contributed by atoms with E-state index < -0.39 is 0 Å². The topological polar surface area (TPSA) is 35.8 Å². The molecule has 0 aromatic heterocycles. The van der Waals surface area contributed by atoms with Crippen LogP contribution in [0.3, 0.4) is 0 Å². The number of anilines is 1. The quantitative estimate of drug-likeness (QED) is 0.823. The van der Waals surface area contributed by atoms with Gasteiger partial charge in [0.2, 0.25) is 0 Å². The third-order valence-electron chi connectivity index (χ3n) is 2.05. The van der Waals surface area contributed by atoms with Crippen LogP contribution in [0.4, 0.5) is 5.69 Å². The predicted octanol–water partition coefficient (Wildman–Crippen LogP) is 3.44. The summed E-state index contributed by atoms with van der Waals surface area (Å²) in [5, 5.41) is 12.6. The van der Waals surface area contributed by atoms with Gasteiger partial charge in [0.1, 0.15) is 0 Å². The van der Waals surface area contributed by atoms with E-state index >= 15 is 0 Å². The number of hydrogen-bond donors (Lipinski definition) is 1. The first-order valence-electron chi connectivity index (χ1n) is 4.65. The fourth-order valence-corrected chi connectivity index (χ4v) is 1.32. The minimum absolute atomic E-state index is 0.223. The van der Waals surface area contributed by atoms with Crippen LogP contribution in [-0.2, 0) is 0 Å². The van der Waals surface area contributed by atoms with Crippen molar-refractivity contribution < 1.29 is 0 Å². The second-order valence-electron chi connectivity index (χ2n) is 3.12. The highest BCUT2D eigenvalue weighted by atomic mass is 35.5. The maximum absolute atomic E-state index is 8.58. The van der Waals surface area contributed by atoms with Crippen molar-refractivity contribution in [3.63, 3.8) is 0 Å². The molecule has 74 valence electrons. The minimum Gasteiger partial charge on any atom is -0.381 e. The zero-order valence-electron chi connectivity index (χ0n) is 8.13. The third-order valence-corrected chi connectivity index (χ3v) is 2.30. The highest BCUT2D eigenvalue weighted by Crippen LogP contribution is 2.15. The van der Waals surface area contributed by atoms with Gasteiger partial charge in [0, 0.05) is 16.8 Å². The maximum Gasteiger partial charge on any atom is 0.0643 e. The van der Waals surface area contributed by atoms with Crippen LogP contribution in [0.15, 0.2) is 24.3 Å². The van der Waals surface area contributed by atoms with Crippen LogP contribution in [0.25, 0.3) is 0 Å². The Morgan fingerprint density at radius 1 is 1.43 bits per heavy atom. The first-order valence-corrected chi connectivity index (χ1v) is 5.03. The summed E-state index contributed by atoms with van der Waals surface area (Å²) >= 11 is 5.76. The van der Waals surface area contributed by atoms with E-state index in [2.05, 4.69) is 18.3 Å². The smallest absolute Gasteiger partial charge is 0.0643 e. The summed E-state index contributed by atoms with van der Waals surface area (Å²) in [6.07, 6.45) is 1.47. The molecule has 2 nitrogen and oxygen atoms in total. The molecule has 0 saturated heterocycles. The molecule has 1 aromatic rings. The van der Waals surface area contributed by atoms with Crippen molar-refractivity contribution in [3.05, 3.63) is 29.3 Å². The number of hydrogen-bond acceptors (Lipinski definition) is 2. The summed E-state index contributed by atoms with van der Waals surface area (Å²) in [4.78, 5) is 0. The Kier molecular flexibility index (Phi) is 4.28. The Balaban J connectivity index is 2.59. The van der Waals surface area contributed by atoms with Crippen molar-refractivity contribution in [1.82, 2.24) is 0 Å². The summed E-state index contributed by atoms with van der Waals surface area (Å²) in [6.45, 7) is 2.06. The molecule has 0 saturated carbocycles. The van der Waals surface area contributed by atoms with Crippen LogP contribution in [0.2, 0.25) is 5.02 Å². The third kappa shape index (κ3) is 3.27. The lowest BCUT2D eigenvalue weighted by Gasteiger charge is -2.14. The standard InChI is InChI=1S/C11H13ClN2/c1-2-10(7-8-13)14-11-5-3-9(12)4-6-11/h3-6,10,14H,2,7H2,1H3. The lowest BCUT2D eigenvalue weighted by Crippen LogP contribution is -2.17. The Labute approximate surface area is 89.5 Å². The van der Waals surface area contributed by atoms with Crippen molar-refractivity contribution in [3.8, 4) is 6.07 Å². The lowest BCUT2D eigenvalue weighted by molar-refractivity contribution is 0.711. The van der Waals surface area contributed by atoms with Gasteiger partial charge in [0.25, 0.3) is 0 Å². The van der Waals surface area contributed by atoms with Crippen LogP contribution < -0.4 is 5.32 Å². The van der Waals surface area contributed by atoms with Crippen molar-refractivity contribution in [1.29, 1.82) is 5.26 Å². The molecule has 0 heterocycles. The second kappa shape index (κ2) is 5.51. The molecular formula is C11H13ClN2. The lowest BCUT2D eigenvalue weighted by atomic mass is 10.1. The van der Waals surface area contributed by atoms with E-state index in [9.17, 15) is 0 Å². The molecule has 0 radical (unpaired) electrons. The number of rotatable bonds is 4. The van der Waals surface area contributed by atoms with Gasteiger partial charge in [-0.15, -0.1) is 0 Å². The first kappa shape index (κ1) is 10.9. The van der Waals surface area contributed by atoms with Crippen LogP contribution >= 0.6 is 11.6 Å². The molecular weight excluding hydrogens is 196 g/mol. The molecule has 1 unspecified atom stereocenters. The number of halogens is 1. The zero-order chi connectivity index (χ0) is 10.4. The van der Waals surface area contributed by atoms with Crippen LogP contribution in [0.1, 0.15) is 19.8 Å². The molecule has 0 fully saturated rings.